The number of para-hydroxylation sites is 2. The van der Waals surface area contributed by atoms with Gasteiger partial charge in [0.2, 0.25) is 5.95 Å². The van der Waals surface area contributed by atoms with Gasteiger partial charge in [0.05, 0.1) is 34.1 Å². The van der Waals surface area contributed by atoms with Crippen LogP contribution in [0.5, 0.6) is 5.75 Å². The average molecular weight is 632 g/mol. The molecule has 1 saturated heterocycles. The molecule has 1 aliphatic rings. The third kappa shape index (κ3) is 7.49. The number of benzene rings is 3. The van der Waals surface area contributed by atoms with E-state index in [1.807, 2.05) is 36.4 Å². The van der Waals surface area contributed by atoms with E-state index in [2.05, 4.69) is 58.6 Å². The molecule has 2 heterocycles. The largest absolute Gasteiger partial charge is 0.494 e. The van der Waals surface area contributed by atoms with E-state index in [-0.39, 0.29) is 4.90 Å². The van der Waals surface area contributed by atoms with Crippen molar-refractivity contribution in [3.63, 3.8) is 0 Å². The lowest BCUT2D eigenvalue weighted by Crippen LogP contribution is -2.45. The highest BCUT2D eigenvalue weighted by Gasteiger charge is 2.25. The molecule has 0 saturated carbocycles. The molecule has 1 aromatic heterocycles. The maximum Gasteiger partial charge on any atom is 0.229 e. The van der Waals surface area contributed by atoms with Gasteiger partial charge in [0.15, 0.2) is 9.84 Å². The summed E-state index contributed by atoms with van der Waals surface area (Å²) in [6.45, 7) is 7.48. The summed E-state index contributed by atoms with van der Waals surface area (Å²) in [6, 6.07) is 21.3. The van der Waals surface area contributed by atoms with E-state index in [4.69, 9.17) is 14.7 Å². The standard InChI is InChI=1S/C34H45N7O3S/c1-24(2)45(42,43)32-14-10-9-13-30(32)35-33-27-11-7-8-12-28(27)36-34(38-33)37-29-16-15-26(23-31(29)44-6)41-19-17-25(18-20-41)40(5)22-21-39(3)4/h7-16,23-25H,17-22H2,1-6H3,(H2,35,36,37,38). The number of nitrogens with one attached hydrogen (secondary N) is 2. The average Bonchev–Trinajstić information content (AvgIpc) is 3.04. The second-order valence-electron chi connectivity index (χ2n) is 12.1. The Hall–Kier alpha value is -3.93. The number of aromatic nitrogens is 2. The zero-order valence-corrected chi connectivity index (χ0v) is 27.9. The minimum atomic E-state index is -3.52. The zero-order chi connectivity index (χ0) is 32.1. The van der Waals surface area contributed by atoms with E-state index in [0.717, 1.165) is 61.3 Å². The molecule has 11 heteroatoms. The molecule has 4 aromatic rings. The molecule has 0 atom stereocenters. The van der Waals surface area contributed by atoms with Crippen LogP contribution in [0.25, 0.3) is 10.9 Å². The van der Waals surface area contributed by atoms with Gasteiger partial charge in [-0.3, -0.25) is 0 Å². The first-order valence-corrected chi connectivity index (χ1v) is 17.0. The van der Waals surface area contributed by atoms with Crippen molar-refractivity contribution in [2.75, 3.05) is 70.0 Å². The smallest absolute Gasteiger partial charge is 0.229 e. The van der Waals surface area contributed by atoms with Crippen molar-refractivity contribution in [1.29, 1.82) is 0 Å². The summed E-state index contributed by atoms with van der Waals surface area (Å²) in [5, 5.41) is 6.86. The number of likely N-dealkylation sites (N-methyl/N-ethyl adjacent to an activating group) is 2. The van der Waals surface area contributed by atoms with E-state index in [0.29, 0.717) is 29.2 Å². The number of sulfone groups is 1. The highest BCUT2D eigenvalue weighted by atomic mass is 32.2. The molecule has 1 fully saturated rings. The van der Waals surface area contributed by atoms with Gasteiger partial charge in [-0.1, -0.05) is 24.3 Å². The molecule has 1 aliphatic heterocycles. The fourth-order valence-electron chi connectivity index (χ4n) is 5.63. The molecule has 2 N–H and O–H groups in total. The number of hydrogen-bond acceptors (Lipinski definition) is 10. The minimum Gasteiger partial charge on any atom is -0.494 e. The van der Waals surface area contributed by atoms with Gasteiger partial charge < -0.3 is 30.1 Å². The topological polar surface area (TPSA) is 103 Å². The monoisotopic (exact) mass is 631 g/mol. The number of fused-ring (bicyclic) bond motifs is 1. The van der Waals surface area contributed by atoms with Crippen molar-refractivity contribution < 1.29 is 13.2 Å². The first-order chi connectivity index (χ1) is 21.6. The summed E-state index contributed by atoms with van der Waals surface area (Å²) < 4.78 is 32.0. The summed E-state index contributed by atoms with van der Waals surface area (Å²) >= 11 is 0. The van der Waals surface area contributed by atoms with Crippen LogP contribution in [0.2, 0.25) is 0 Å². The molecule has 0 amide bonds. The van der Waals surface area contributed by atoms with Crippen molar-refractivity contribution >= 4 is 49.6 Å². The molecule has 240 valence electrons. The first kappa shape index (κ1) is 32.5. The lowest BCUT2D eigenvalue weighted by Gasteiger charge is -2.38. The maximum absolute atomic E-state index is 13.1. The second-order valence-corrected chi connectivity index (χ2v) is 14.6. The number of anilines is 5. The normalized spacial score (nSPS) is 14.5. The molecular weight excluding hydrogens is 586 g/mol. The fourth-order valence-corrected chi connectivity index (χ4v) is 6.83. The summed E-state index contributed by atoms with van der Waals surface area (Å²) in [6.07, 6.45) is 2.24. The third-order valence-electron chi connectivity index (χ3n) is 8.45. The van der Waals surface area contributed by atoms with Gasteiger partial charge in [-0.15, -0.1) is 0 Å². The van der Waals surface area contributed by atoms with Gasteiger partial charge in [-0.25, -0.2) is 13.4 Å². The van der Waals surface area contributed by atoms with Crippen LogP contribution in [0, 0.1) is 0 Å². The van der Waals surface area contributed by atoms with Gasteiger partial charge >= 0.3 is 0 Å². The molecule has 10 nitrogen and oxygen atoms in total. The highest BCUT2D eigenvalue weighted by molar-refractivity contribution is 7.92. The lowest BCUT2D eigenvalue weighted by atomic mass is 10.0. The Bertz CT molecular complexity index is 1720. The molecule has 0 bridgehead atoms. The lowest BCUT2D eigenvalue weighted by molar-refractivity contribution is 0.190. The van der Waals surface area contributed by atoms with Crippen LogP contribution >= 0.6 is 0 Å². The predicted molar refractivity (Wildman–Crippen MR) is 184 cm³/mol. The Kier molecular flexibility index (Phi) is 10.1. The van der Waals surface area contributed by atoms with Crippen LogP contribution in [0.3, 0.4) is 0 Å². The van der Waals surface area contributed by atoms with E-state index in [9.17, 15) is 8.42 Å². The summed E-state index contributed by atoms with van der Waals surface area (Å²) in [7, 11) is 4.61. The van der Waals surface area contributed by atoms with Crippen LogP contribution < -0.4 is 20.3 Å². The first-order valence-electron chi connectivity index (χ1n) is 15.5. The van der Waals surface area contributed by atoms with E-state index in [1.165, 1.54) is 0 Å². The van der Waals surface area contributed by atoms with Crippen LogP contribution in [0.1, 0.15) is 26.7 Å². The van der Waals surface area contributed by atoms with Gasteiger partial charge in [-0.2, -0.15) is 4.98 Å². The Morgan fingerprint density at radius 2 is 1.62 bits per heavy atom. The molecule has 45 heavy (non-hydrogen) atoms. The SMILES string of the molecule is COc1cc(N2CCC(N(C)CCN(C)C)CC2)ccc1Nc1nc(Nc2ccccc2S(=O)(=O)C(C)C)c2ccccc2n1. The van der Waals surface area contributed by atoms with Gasteiger partial charge in [0, 0.05) is 49.4 Å². The molecule has 3 aromatic carbocycles. The van der Waals surface area contributed by atoms with Crippen molar-refractivity contribution in [3.8, 4) is 5.75 Å². The minimum absolute atomic E-state index is 0.235. The molecule has 0 spiro atoms. The zero-order valence-electron chi connectivity index (χ0n) is 27.1. The van der Waals surface area contributed by atoms with Crippen molar-refractivity contribution in [1.82, 2.24) is 19.8 Å². The number of hydrogen-bond donors (Lipinski definition) is 2. The highest BCUT2D eigenvalue weighted by Crippen LogP contribution is 2.35. The van der Waals surface area contributed by atoms with Crippen LogP contribution in [-0.2, 0) is 9.84 Å². The molecule has 5 rings (SSSR count). The van der Waals surface area contributed by atoms with Gasteiger partial charge in [-0.05, 0) is 84.2 Å². The van der Waals surface area contributed by atoms with Gasteiger partial charge in [0.1, 0.15) is 11.6 Å². The number of ether oxygens (including phenoxy) is 1. The summed E-state index contributed by atoms with van der Waals surface area (Å²) in [5.41, 5.74) is 3.05. The Labute approximate surface area is 267 Å². The second kappa shape index (κ2) is 14.0. The molecular formula is C34H45N7O3S. The van der Waals surface area contributed by atoms with Crippen LogP contribution in [-0.4, -0.2) is 93.9 Å². The number of methoxy groups -OCH3 is 1. The Morgan fingerprint density at radius 1 is 0.911 bits per heavy atom. The molecule has 0 unspecified atom stereocenters. The predicted octanol–water partition coefficient (Wildman–Crippen LogP) is 5.77. The summed E-state index contributed by atoms with van der Waals surface area (Å²) in [5.74, 6) is 1.56. The fraction of sp³-hybridized carbons (Fsp3) is 0.412. The van der Waals surface area contributed by atoms with E-state index < -0.39 is 15.1 Å². The summed E-state index contributed by atoms with van der Waals surface area (Å²) in [4.78, 5) is 16.9. The quantitative estimate of drug-likeness (QED) is 0.200. The van der Waals surface area contributed by atoms with E-state index in [1.54, 1.807) is 39.2 Å². The Morgan fingerprint density at radius 3 is 2.33 bits per heavy atom. The molecule has 0 aliphatic carbocycles. The third-order valence-corrected chi connectivity index (χ3v) is 10.7. The van der Waals surface area contributed by atoms with Crippen LogP contribution in [0.15, 0.2) is 71.6 Å². The van der Waals surface area contributed by atoms with Crippen molar-refractivity contribution in [2.45, 2.75) is 42.9 Å². The Balaban J connectivity index is 1.37. The van der Waals surface area contributed by atoms with Crippen LogP contribution in [0.4, 0.5) is 28.8 Å². The van der Waals surface area contributed by atoms with Gasteiger partial charge in [0.25, 0.3) is 0 Å². The number of nitrogens with zero attached hydrogens (tertiary/aromatic N) is 5. The van der Waals surface area contributed by atoms with Crippen molar-refractivity contribution in [2.24, 2.45) is 0 Å². The molecule has 0 radical (unpaired) electrons. The number of rotatable bonds is 12. The van der Waals surface area contributed by atoms with E-state index >= 15 is 0 Å². The number of piperidine rings is 1. The van der Waals surface area contributed by atoms with Crippen molar-refractivity contribution in [3.05, 3.63) is 66.7 Å². The maximum atomic E-state index is 13.1.